The van der Waals surface area contributed by atoms with Crippen molar-refractivity contribution in [2.45, 2.75) is 19.3 Å². The van der Waals surface area contributed by atoms with Gasteiger partial charge >= 0.3 is 0 Å². The normalized spacial score (nSPS) is 17.1. The summed E-state index contributed by atoms with van der Waals surface area (Å²) in [6.45, 7) is 5.95. The van der Waals surface area contributed by atoms with Gasteiger partial charge in [0, 0.05) is 45.0 Å². The number of nitrogens with zero attached hydrogens (tertiary/aromatic N) is 3. The number of nitrogens with one attached hydrogen (secondary N) is 1. The van der Waals surface area contributed by atoms with Crippen LogP contribution in [0.2, 0.25) is 0 Å². The van der Waals surface area contributed by atoms with Crippen molar-refractivity contribution in [2.75, 3.05) is 32.7 Å². The Bertz CT molecular complexity index is 302. The number of hydrogen-bond donors (Lipinski definition) is 1. The molecule has 2 rings (SSSR count). The van der Waals surface area contributed by atoms with E-state index in [9.17, 15) is 0 Å². The molecule has 4 nitrogen and oxygen atoms in total. The highest BCUT2D eigenvalue weighted by molar-refractivity contribution is 5.00. The maximum absolute atomic E-state index is 4.16. The lowest BCUT2D eigenvalue weighted by molar-refractivity contribution is 0.336. The van der Waals surface area contributed by atoms with Gasteiger partial charge in [-0.3, -0.25) is 4.68 Å². The number of rotatable bonds is 6. The molecule has 0 unspecified atom stereocenters. The SMILES string of the molecule is Cn1nccc1CCNCCN1CCCC1. The predicted molar refractivity (Wildman–Crippen MR) is 65.5 cm³/mol. The van der Waals surface area contributed by atoms with E-state index in [-0.39, 0.29) is 0 Å². The summed E-state index contributed by atoms with van der Waals surface area (Å²) in [4.78, 5) is 2.54. The molecule has 0 bridgehead atoms. The molecule has 1 aliphatic heterocycles. The topological polar surface area (TPSA) is 33.1 Å². The zero-order valence-corrected chi connectivity index (χ0v) is 10.2. The molecule has 90 valence electrons. The fourth-order valence-corrected chi connectivity index (χ4v) is 2.23. The number of likely N-dealkylation sites (tertiary alicyclic amines) is 1. The first-order valence-electron chi connectivity index (χ1n) is 6.26. The molecule has 1 saturated heterocycles. The second-order valence-electron chi connectivity index (χ2n) is 4.49. The van der Waals surface area contributed by atoms with E-state index >= 15 is 0 Å². The van der Waals surface area contributed by atoms with E-state index < -0.39 is 0 Å². The van der Waals surface area contributed by atoms with Gasteiger partial charge in [0.05, 0.1) is 0 Å². The van der Waals surface area contributed by atoms with Crippen LogP contribution in [0.15, 0.2) is 12.3 Å². The Kier molecular flexibility index (Phi) is 4.36. The third-order valence-electron chi connectivity index (χ3n) is 3.28. The van der Waals surface area contributed by atoms with E-state index in [1.54, 1.807) is 0 Å². The first kappa shape index (κ1) is 11.6. The summed E-state index contributed by atoms with van der Waals surface area (Å²) >= 11 is 0. The van der Waals surface area contributed by atoms with Gasteiger partial charge in [0.1, 0.15) is 0 Å². The molecule has 0 aromatic carbocycles. The molecule has 0 amide bonds. The zero-order valence-electron chi connectivity index (χ0n) is 10.2. The van der Waals surface area contributed by atoms with Crippen molar-refractivity contribution in [1.82, 2.24) is 20.0 Å². The molecule has 0 radical (unpaired) electrons. The monoisotopic (exact) mass is 222 g/mol. The number of aromatic nitrogens is 2. The average molecular weight is 222 g/mol. The van der Waals surface area contributed by atoms with Crippen LogP contribution < -0.4 is 5.32 Å². The van der Waals surface area contributed by atoms with Gasteiger partial charge in [0.15, 0.2) is 0 Å². The summed E-state index contributed by atoms with van der Waals surface area (Å²) < 4.78 is 1.95. The van der Waals surface area contributed by atoms with E-state index in [2.05, 4.69) is 21.4 Å². The van der Waals surface area contributed by atoms with Crippen molar-refractivity contribution in [1.29, 1.82) is 0 Å². The summed E-state index contributed by atoms with van der Waals surface area (Å²) in [5, 5.41) is 7.65. The highest BCUT2D eigenvalue weighted by atomic mass is 15.3. The third kappa shape index (κ3) is 3.32. The Labute approximate surface area is 97.6 Å². The Morgan fingerprint density at radius 2 is 2.12 bits per heavy atom. The minimum atomic E-state index is 1.05. The summed E-state index contributed by atoms with van der Waals surface area (Å²) in [6.07, 6.45) is 5.69. The lowest BCUT2D eigenvalue weighted by Gasteiger charge is -2.14. The molecule has 4 heteroatoms. The van der Waals surface area contributed by atoms with Gasteiger partial charge in [-0.15, -0.1) is 0 Å². The van der Waals surface area contributed by atoms with Gasteiger partial charge in [-0.1, -0.05) is 0 Å². The molecule has 0 spiro atoms. The van der Waals surface area contributed by atoms with Gasteiger partial charge in [-0.2, -0.15) is 5.10 Å². The molecule has 1 N–H and O–H groups in total. The van der Waals surface area contributed by atoms with Gasteiger partial charge in [0.2, 0.25) is 0 Å². The fourth-order valence-electron chi connectivity index (χ4n) is 2.23. The van der Waals surface area contributed by atoms with E-state index in [4.69, 9.17) is 0 Å². The molecule has 2 heterocycles. The molecule has 16 heavy (non-hydrogen) atoms. The highest BCUT2D eigenvalue weighted by Crippen LogP contribution is 2.05. The van der Waals surface area contributed by atoms with Crippen molar-refractivity contribution in [2.24, 2.45) is 7.05 Å². The molecule has 0 atom stereocenters. The quantitative estimate of drug-likeness (QED) is 0.717. The van der Waals surface area contributed by atoms with Crippen LogP contribution in [0.25, 0.3) is 0 Å². The van der Waals surface area contributed by atoms with Crippen molar-refractivity contribution in [3.63, 3.8) is 0 Å². The van der Waals surface area contributed by atoms with Gasteiger partial charge in [0.25, 0.3) is 0 Å². The number of aryl methyl sites for hydroxylation is 1. The Morgan fingerprint density at radius 3 is 2.81 bits per heavy atom. The molecule has 1 fully saturated rings. The van der Waals surface area contributed by atoms with Crippen molar-refractivity contribution in [3.8, 4) is 0 Å². The molecule has 0 saturated carbocycles. The number of hydrogen-bond acceptors (Lipinski definition) is 3. The summed E-state index contributed by atoms with van der Waals surface area (Å²) in [5.41, 5.74) is 1.30. The second-order valence-corrected chi connectivity index (χ2v) is 4.49. The van der Waals surface area contributed by atoms with Crippen LogP contribution in [0.5, 0.6) is 0 Å². The van der Waals surface area contributed by atoms with E-state index in [1.165, 1.54) is 38.2 Å². The molecular weight excluding hydrogens is 200 g/mol. The minimum absolute atomic E-state index is 1.05. The van der Waals surface area contributed by atoms with Gasteiger partial charge in [-0.25, -0.2) is 0 Å². The Hall–Kier alpha value is -0.870. The Morgan fingerprint density at radius 1 is 1.31 bits per heavy atom. The first-order chi connectivity index (χ1) is 7.86. The van der Waals surface area contributed by atoms with Crippen molar-refractivity contribution in [3.05, 3.63) is 18.0 Å². The predicted octanol–water partition coefficient (Wildman–Crippen LogP) is 0.648. The van der Waals surface area contributed by atoms with Crippen LogP contribution in [-0.4, -0.2) is 47.4 Å². The summed E-state index contributed by atoms with van der Waals surface area (Å²) in [6, 6.07) is 2.09. The maximum atomic E-state index is 4.16. The van der Waals surface area contributed by atoms with Crippen molar-refractivity contribution < 1.29 is 0 Å². The van der Waals surface area contributed by atoms with Crippen LogP contribution >= 0.6 is 0 Å². The molecule has 1 aromatic rings. The van der Waals surface area contributed by atoms with Gasteiger partial charge in [-0.05, 0) is 32.0 Å². The van der Waals surface area contributed by atoms with Crippen LogP contribution in [0.4, 0.5) is 0 Å². The van der Waals surface area contributed by atoms with Gasteiger partial charge < -0.3 is 10.2 Å². The van der Waals surface area contributed by atoms with E-state index in [1.807, 2.05) is 17.9 Å². The highest BCUT2D eigenvalue weighted by Gasteiger charge is 2.09. The van der Waals surface area contributed by atoms with Crippen molar-refractivity contribution >= 4 is 0 Å². The molecule has 0 aliphatic carbocycles. The lowest BCUT2D eigenvalue weighted by atomic mass is 10.3. The van der Waals surface area contributed by atoms with Crippen LogP contribution in [-0.2, 0) is 13.5 Å². The standard InChI is InChI=1S/C12H22N4/c1-15-12(5-7-14-15)4-6-13-8-11-16-9-2-3-10-16/h5,7,13H,2-4,6,8-11H2,1H3. The Balaban J connectivity index is 1.53. The zero-order chi connectivity index (χ0) is 11.2. The average Bonchev–Trinajstić information content (AvgIpc) is 2.90. The first-order valence-corrected chi connectivity index (χ1v) is 6.26. The maximum Gasteiger partial charge on any atom is 0.0492 e. The van der Waals surface area contributed by atoms with Crippen LogP contribution in [0.1, 0.15) is 18.5 Å². The molecule has 1 aliphatic rings. The lowest BCUT2D eigenvalue weighted by Crippen LogP contribution is -2.31. The van der Waals surface area contributed by atoms with Crippen LogP contribution in [0.3, 0.4) is 0 Å². The summed E-state index contributed by atoms with van der Waals surface area (Å²) in [5.74, 6) is 0. The smallest absolute Gasteiger partial charge is 0.0492 e. The van der Waals surface area contributed by atoms with E-state index in [0.29, 0.717) is 0 Å². The van der Waals surface area contributed by atoms with Crippen LogP contribution in [0, 0.1) is 0 Å². The third-order valence-corrected chi connectivity index (χ3v) is 3.28. The molecule has 1 aromatic heterocycles. The fraction of sp³-hybridized carbons (Fsp3) is 0.750. The minimum Gasteiger partial charge on any atom is -0.315 e. The summed E-state index contributed by atoms with van der Waals surface area (Å²) in [7, 11) is 2.00. The van der Waals surface area contributed by atoms with E-state index in [0.717, 1.165) is 19.5 Å². The second kappa shape index (κ2) is 6.01. The molecular formula is C12H22N4. The largest absolute Gasteiger partial charge is 0.315 e.